The molecule has 2 aromatic rings. The Morgan fingerprint density at radius 1 is 1.29 bits per heavy atom. The highest BCUT2D eigenvalue weighted by Crippen LogP contribution is 2.35. The van der Waals surface area contributed by atoms with Gasteiger partial charge in [0.25, 0.3) is 10.0 Å². The van der Waals surface area contributed by atoms with Crippen LogP contribution in [0.15, 0.2) is 37.4 Å². The summed E-state index contributed by atoms with van der Waals surface area (Å²) in [5.41, 5.74) is 5.90. The molecular weight excluding hydrogens is 444 g/mol. The molecule has 0 saturated carbocycles. The molecule has 1 heterocycles. The lowest BCUT2D eigenvalue weighted by Gasteiger charge is -2.11. The molecule has 0 unspecified atom stereocenters. The first-order chi connectivity index (χ1) is 9.87. The van der Waals surface area contributed by atoms with Crippen molar-refractivity contribution in [3.8, 4) is 5.75 Å². The molecule has 0 bridgehead atoms. The van der Waals surface area contributed by atoms with Gasteiger partial charge in [0.1, 0.15) is 5.75 Å². The van der Waals surface area contributed by atoms with Crippen LogP contribution in [0, 0.1) is 0 Å². The summed E-state index contributed by atoms with van der Waals surface area (Å²) in [6, 6.07) is 4.88. The molecule has 0 spiro atoms. The van der Waals surface area contributed by atoms with Crippen molar-refractivity contribution in [2.75, 3.05) is 11.8 Å². The van der Waals surface area contributed by atoms with Crippen molar-refractivity contribution in [2.24, 2.45) is 5.73 Å². The lowest BCUT2D eigenvalue weighted by molar-refractivity contribution is 0.412. The molecule has 2 rings (SSSR count). The van der Waals surface area contributed by atoms with Crippen LogP contribution in [0.1, 0.15) is 4.88 Å². The molecule has 0 amide bonds. The number of benzene rings is 1. The van der Waals surface area contributed by atoms with Crippen LogP contribution in [0.5, 0.6) is 5.75 Å². The van der Waals surface area contributed by atoms with Crippen molar-refractivity contribution in [3.63, 3.8) is 0 Å². The third-order valence-corrected chi connectivity index (χ3v) is 6.36. The standard InChI is InChI=1S/C12H12Br2N2O3S2/c1-19-12-4-11(9(13)3-10(12)14)16-21(17,18)8-2-7(5-15)20-6-8/h2-4,6,16H,5,15H2,1H3. The Hall–Kier alpha value is -0.610. The largest absolute Gasteiger partial charge is 0.495 e. The Labute approximate surface area is 143 Å². The molecule has 0 saturated heterocycles. The van der Waals surface area contributed by atoms with Crippen LogP contribution in [0.25, 0.3) is 0 Å². The fourth-order valence-electron chi connectivity index (χ4n) is 1.58. The van der Waals surface area contributed by atoms with E-state index < -0.39 is 10.0 Å². The second-order valence-electron chi connectivity index (χ2n) is 4.02. The zero-order valence-electron chi connectivity index (χ0n) is 10.9. The molecule has 0 aliphatic heterocycles. The summed E-state index contributed by atoms with van der Waals surface area (Å²) in [7, 11) is -2.15. The second kappa shape index (κ2) is 6.66. The Morgan fingerprint density at radius 2 is 2.00 bits per heavy atom. The molecule has 1 aromatic carbocycles. The van der Waals surface area contributed by atoms with Crippen LogP contribution in [0.4, 0.5) is 5.69 Å². The number of rotatable bonds is 5. The number of methoxy groups -OCH3 is 1. The number of hydrogen-bond acceptors (Lipinski definition) is 5. The summed E-state index contributed by atoms with van der Waals surface area (Å²) in [6.07, 6.45) is 0. The van der Waals surface area contributed by atoms with E-state index in [0.717, 1.165) is 9.35 Å². The molecule has 3 N–H and O–H groups in total. The van der Waals surface area contributed by atoms with Gasteiger partial charge < -0.3 is 10.5 Å². The molecule has 0 radical (unpaired) electrons. The minimum absolute atomic E-state index is 0.196. The number of nitrogens with two attached hydrogens (primary N) is 1. The van der Waals surface area contributed by atoms with E-state index in [4.69, 9.17) is 10.5 Å². The molecule has 21 heavy (non-hydrogen) atoms. The van der Waals surface area contributed by atoms with E-state index in [0.29, 0.717) is 22.5 Å². The van der Waals surface area contributed by atoms with E-state index in [9.17, 15) is 8.42 Å². The number of halogens is 2. The van der Waals surface area contributed by atoms with Gasteiger partial charge in [0.2, 0.25) is 0 Å². The molecule has 0 aliphatic carbocycles. The van der Waals surface area contributed by atoms with E-state index in [2.05, 4.69) is 36.6 Å². The van der Waals surface area contributed by atoms with Crippen molar-refractivity contribution >= 4 is 58.9 Å². The van der Waals surface area contributed by atoms with Crippen LogP contribution in [-0.4, -0.2) is 15.5 Å². The lowest BCUT2D eigenvalue weighted by atomic mass is 10.3. The fraction of sp³-hybridized carbons (Fsp3) is 0.167. The molecule has 0 fully saturated rings. The van der Waals surface area contributed by atoms with Gasteiger partial charge in [-0.3, -0.25) is 4.72 Å². The highest BCUT2D eigenvalue weighted by Gasteiger charge is 2.18. The molecule has 1 aromatic heterocycles. The third-order valence-electron chi connectivity index (χ3n) is 2.63. The van der Waals surface area contributed by atoms with Crippen molar-refractivity contribution in [1.82, 2.24) is 0 Å². The predicted octanol–water partition coefficient (Wildman–Crippen LogP) is 3.54. The van der Waals surface area contributed by atoms with E-state index in [1.807, 2.05) is 0 Å². The van der Waals surface area contributed by atoms with Gasteiger partial charge in [0, 0.05) is 27.3 Å². The Bertz CT molecular complexity index is 760. The van der Waals surface area contributed by atoms with Crippen molar-refractivity contribution in [2.45, 2.75) is 11.4 Å². The first-order valence-corrected chi connectivity index (χ1v) is 9.65. The minimum Gasteiger partial charge on any atom is -0.495 e. The van der Waals surface area contributed by atoms with Crippen LogP contribution in [0.3, 0.4) is 0 Å². The number of anilines is 1. The third kappa shape index (κ3) is 3.78. The molecular formula is C12H12Br2N2O3S2. The fourth-order valence-corrected chi connectivity index (χ4v) is 5.19. The van der Waals surface area contributed by atoms with Gasteiger partial charge in [-0.1, -0.05) is 0 Å². The number of sulfonamides is 1. The van der Waals surface area contributed by atoms with Crippen LogP contribution < -0.4 is 15.2 Å². The number of hydrogen-bond donors (Lipinski definition) is 2. The zero-order valence-corrected chi connectivity index (χ0v) is 15.7. The predicted molar refractivity (Wildman–Crippen MR) is 91.4 cm³/mol. The van der Waals surface area contributed by atoms with E-state index >= 15 is 0 Å². The smallest absolute Gasteiger partial charge is 0.262 e. The van der Waals surface area contributed by atoms with Gasteiger partial charge in [-0.25, -0.2) is 8.42 Å². The summed E-state index contributed by atoms with van der Waals surface area (Å²) in [5.74, 6) is 0.531. The lowest BCUT2D eigenvalue weighted by Crippen LogP contribution is -2.12. The summed E-state index contributed by atoms with van der Waals surface area (Å²) in [6.45, 7) is 0.315. The van der Waals surface area contributed by atoms with Crippen molar-refractivity contribution in [1.29, 1.82) is 0 Å². The van der Waals surface area contributed by atoms with Gasteiger partial charge >= 0.3 is 0 Å². The average molecular weight is 456 g/mol. The molecule has 0 aliphatic rings. The van der Waals surface area contributed by atoms with Crippen molar-refractivity contribution in [3.05, 3.63) is 37.4 Å². The van der Waals surface area contributed by atoms with Gasteiger partial charge in [0.15, 0.2) is 0 Å². The SMILES string of the molecule is COc1cc(NS(=O)(=O)c2csc(CN)c2)c(Br)cc1Br. The summed E-state index contributed by atoms with van der Waals surface area (Å²) in [5, 5.41) is 1.56. The second-order valence-corrected chi connectivity index (χ2v) is 8.41. The maximum absolute atomic E-state index is 12.3. The van der Waals surface area contributed by atoms with Gasteiger partial charge in [-0.15, -0.1) is 11.3 Å². The average Bonchev–Trinajstić information content (AvgIpc) is 2.91. The molecule has 0 atom stereocenters. The van der Waals surface area contributed by atoms with Gasteiger partial charge in [-0.05, 0) is 44.0 Å². The van der Waals surface area contributed by atoms with Crippen molar-refractivity contribution < 1.29 is 13.2 Å². The normalized spacial score (nSPS) is 11.4. The number of thiophene rings is 1. The minimum atomic E-state index is -3.66. The van der Waals surface area contributed by atoms with Gasteiger partial charge in [0.05, 0.1) is 22.2 Å². The molecule has 9 heteroatoms. The van der Waals surface area contributed by atoms with Crippen LogP contribution >= 0.6 is 43.2 Å². The monoisotopic (exact) mass is 454 g/mol. The maximum Gasteiger partial charge on any atom is 0.262 e. The first kappa shape index (κ1) is 16.8. The van der Waals surface area contributed by atoms with E-state index in [1.54, 1.807) is 23.6 Å². The summed E-state index contributed by atoms with van der Waals surface area (Å²) >= 11 is 7.97. The zero-order chi connectivity index (χ0) is 15.6. The Kier molecular flexibility index (Phi) is 5.31. The molecule has 5 nitrogen and oxygen atoms in total. The van der Waals surface area contributed by atoms with Crippen LogP contribution in [0.2, 0.25) is 0 Å². The van der Waals surface area contributed by atoms with E-state index in [-0.39, 0.29) is 4.90 Å². The number of nitrogens with one attached hydrogen (secondary N) is 1. The maximum atomic E-state index is 12.3. The summed E-state index contributed by atoms with van der Waals surface area (Å²) in [4.78, 5) is 1.00. The van der Waals surface area contributed by atoms with Gasteiger partial charge in [-0.2, -0.15) is 0 Å². The molecule has 114 valence electrons. The highest BCUT2D eigenvalue weighted by atomic mass is 79.9. The number of ether oxygens (including phenoxy) is 1. The Balaban J connectivity index is 2.36. The van der Waals surface area contributed by atoms with Crippen LogP contribution in [-0.2, 0) is 16.6 Å². The first-order valence-electron chi connectivity index (χ1n) is 5.70. The topological polar surface area (TPSA) is 81.4 Å². The summed E-state index contributed by atoms with van der Waals surface area (Å²) < 4.78 is 33.7. The Morgan fingerprint density at radius 3 is 2.57 bits per heavy atom. The highest BCUT2D eigenvalue weighted by molar-refractivity contribution is 9.11. The quantitative estimate of drug-likeness (QED) is 0.722. The van der Waals surface area contributed by atoms with E-state index in [1.165, 1.54) is 18.4 Å².